The van der Waals surface area contributed by atoms with Crippen molar-refractivity contribution in [3.05, 3.63) is 0 Å². The lowest BCUT2D eigenvalue weighted by Crippen LogP contribution is -2.42. The first-order valence-electron chi connectivity index (χ1n) is 6.79. The number of hydrogen-bond acceptors (Lipinski definition) is 3. The van der Waals surface area contributed by atoms with E-state index in [-0.39, 0.29) is 0 Å². The standard InChI is InChI=1S/C13H27NO2S/c1-5-14-13(11(4)8-10(2)3)12-6-7-17(15,16)9-12/h10-14H,5-9H2,1-4H3. The highest BCUT2D eigenvalue weighted by Gasteiger charge is 2.35. The van der Waals surface area contributed by atoms with E-state index < -0.39 is 9.84 Å². The summed E-state index contributed by atoms with van der Waals surface area (Å²) in [5.74, 6) is 2.30. The molecule has 0 aromatic carbocycles. The third-order valence-corrected chi connectivity index (χ3v) is 5.47. The molecule has 1 rings (SSSR count). The Balaban J connectivity index is 2.65. The van der Waals surface area contributed by atoms with Gasteiger partial charge in [-0.2, -0.15) is 0 Å². The summed E-state index contributed by atoms with van der Waals surface area (Å²) < 4.78 is 23.1. The van der Waals surface area contributed by atoms with Crippen LogP contribution in [0.15, 0.2) is 0 Å². The summed E-state index contributed by atoms with van der Waals surface area (Å²) in [5.41, 5.74) is 0. The van der Waals surface area contributed by atoms with Gasteiger partial charge in [-0.3, -0.25) is 0 Å². The average Bonchev–Trinajstić information content (AvgIpc) is 2.53. The summed E-state index contributed by atoms with van der Waals surface area (Å²) in [5, 5.41) is 3.50. The van der Waals surface area contributed by atoms with Gasteiger partial charge in [-0.15, -0.1) is 0 Å². The van der Waals surface area contributed by atoms with Crippen LogP contribution in [0, 0.1) is 17.8 Å². The van der Waals surface area contributed by atoms with Crippen LogP contribution >= 0.6 is 0 Å². The molecule has 0 radical (unpaired) electrons. The zero-order valence-electron chi connectivity index (χ0n) is 11.6. The van der Waals surface area contributed by atoms with Gasteiger partial charge < -0.3 is 5.32 Å². The van der Waals surface area contributed by atoms with Crippen molar-refractivity contribution in [2.45, 2.75) is 46.6 Å². The fourth-order valence-electron chi connectivity index (χ4n) is 3.07. The van der Waals surface area contributed by atoms with Gasteiger partial charge in [-0.1, -0.05) is 27.7 Å². The highest BCUT2D eigenvalue weighted by atomic mass is 32.2. The molecule has 3 nitrogen and oxygen atoms in total. The van der Waals surface area contributed by atoms with E-state index in [0.717, 1.165) is 19.4 Å². The first-order chi connectivity index (χ1) is 7.85. The highest BCUT2D eigenvalue weighted by molar-refractivity contribution is 7.91. The lowest BCUT2D eigenvalue weighted by atomic mass is 9.84. The van der Waals surface area contributed by atoms with E-state index in [9.17, 15) is 8.42 Å². The summed E-state index contributed by atoms with van der Waals surface area (Å²) in [6.07, 6.45) is 2.00. The van der Waals surface area contributed by atoms with Gasteiger partial charge in [0.25, 0.3) is 0 Å². The smallest absolute Gasteiger partial charge is 0.150 e. The van der Waals surface area contributed by atoms with Gasteiger partial charge >= 0.3 is 0 Å². The molecule has 102 valence electrons. The minimum atomic E-state index is -2.76. The number of nitrogens with one attached hydrogen (secondary N) is 1. The molecule has 1 heterocycles. The van der Waals surface area contributed by atoms with Crippen LogP contribution in [0.2, 0.25) is 0 Å². The van der Waals surface area contributed by atoms with E-state index in [1.165, 1.54) is 0 Å². The molecule has 0 spiro atoms. The van der Waals surface area contributed by atoms with Crippen molar-refractivity contribution in [3.8, 4) is 0 Å². The van der Waals surface area contributed by atoms with Crippen LogP contribution in [0.3, 0.4) is 0 Å². The zero-order chi connectivity index (χ0) is 13.1. The Morgan fingerprint density at radius 1 is 1.29 bits per heavy atom. The maximum Gasteiger partial charge on any atom is 0.150 e. The van der Waals surface area contributed by atoms with E-state index in [2.05, 4.69) is 33.0 Å². The van der Waals surface area contributed by atoms with Crippen LogP contribution in [-0.4, -0.2) is 32.5 Å². The van der Waals surface area contributed by atoms with Crippen molar-refractivity contribution in [2.75, 3.05) is 18.1 Å². The van der Waals surface area contributed by atoms with Gasteiger partial charge in [0.1, 0.15) is 0 Å². The predicted molar refractivity (Wildman–Crippen MR) is 72.8 cm³/mol. The molecular formula is C13H27NO2S. The van der Waals surface area contributed by atoms with Gasteiger partial charge in [0.05, 0.1) is 11.5 Å². The van der Waals surface area contributed by atoms with E-state index in [0.29, 0.717) is 35.3 Å². The third kappa shape index (κ3) is 4.59. The van der Waals surface area contributed by atoms with E-state index in [1.54, 1.807) is 0 Å². The first-order valence-corrected chi connectivity index (χ1v) is 8.61. The van der Waals surface area contributed by atoms with Crippen molar-refractivity contribution >= 4 is 9.84 Å². The van der Waals surface area contributed by atoms with Gasteiger partial charge in [0.15, 0.2) is 9.84 Å². The summed E-state index contributed by atoms with van der Waals surface area (Å²) in [6.45, 7) is 9.72. The fraction of sp³-hybridized carbons (Fsp3) is 1.00. The molecule has 0 aromatic rings. The summed E-state index contributed by atoms with van der Waals surface area (Å²) in [6, 6.07) is 0.361. The normalized spacial score (nSPS) is 27.2. The molecule has 4 heteroatoms. The molecule has 0 amide bonds. The summed E-state index contributed by atoms with van der Waals surface area (Å²) >= 11 is 0. The quantitative estimate of drug-likeness (QED) is 0.796. The molecule has 3 unspecified atom stereocenters. The van der Waals surface area contributed by atoms with Crippen LogP contribution in [-0.2, 0) is 9.84 Å². The summed E-state index contributed by atoms with van der Waals surface area (Å²) in [7, 11) is -2.76. The molecule has 1 saturated heterocycles. The molecule has 1 aliphatic rings. The zero-order valence-corrected chi connectivity index (χ0v) is 12.4. The van der Waals surface area contributed by atoms with Gasteiger partial charge in [0, 0.05) is 6.04 Å². The lowest BCUT2D eigenvalue weighted by molar-refractivity contribution is 0.259. The SMILES string of the molecule is CCNC(C(C)CC(C)C)C1CCS(=O)(=O)C1. The second-order valence-corrected chi connectivity index (χ2v) is 8.08. The highest BCUT2D eigenvalue weighted by Crippen LogP contribution is 2.28. The molecule has 0 bridgehead atoms. The minimum absolute atomic E-state index is 0.314. The van der Waals surface area contributed by atoms with E-state index in [4.69, 9.17) is 0 Å². The van der Waals surface area contributed by atoms with E-state index >= 15 is 0 Å². The monoisotopic (exact) mass is 261 g/mol. The minimum Gasteiger partial charge on any atom is -0.314 e. The second kappa shape index (κ2) is 6.19. The molecule has 0 aromatic heterocycles. The Hall–Kier alpha value is -0.0900. The Morgan fingerprint density at radius 2 is 1.94 bits per heavy atom. The number of sulfone groups is 1. The van der Waals surface area contributed by atoms with Crippen molar-refractivity contribution in [1.29, 1.82) is 0 Å². The summed E-state index contributed by atoms with van der Waals surface area (Å²) in [4.78, 5) is 0. The molecule has 0 saturated carbocycles. The molecular weight excluding hydrogens is 234 g/mol. The molecule has 17 heavy (non-hydrogen) atoms. The van der Waals surface area contributed by atoms with Crippen LogP contribution in [0.4, 0.5) is 0 Å². The largest absolute Gasteiger partial charge is 0.314 e. The average molecular weight is 261 g/mol. The van der Waals surface area contributed by atoms with E-state index in [1.807, 2.05) is 0 Å². The lowest BCUT2D eigenvalue weighted by Gasteiger charge is -2.30. The number of hydrogen-bond donors (Lipinski definition) is 1. The maximum atomic E-state index is 11.6. The Kier molecular flexibility index (Phi) is 5.45. The molecule has 0 aliphatic carbocycles. The molecule has 3 atom stereocenters. The Bertz CT molecular complexity index is 324. The van der Waals surface area contributed by atoms with Crippen LogP contribution in [0.25, 0.3) is 0 Å². The topological polar surface area (TPSA) is 46.2 Å². The Morgan fingerprint density at radius 3 is 2.35 bits per heavy atom. The predicted octanol–water partition coefficient (Wildman–Crippen LogP) is 2.08. The molecule has 1 fully saturated rings. The Labute approximate surface area is 106 Å². The van der Waals surface area contributed by atoms with Crippen molar-refractivity contribution in [3.63, 3.8) is 0 Å². The van der Waals surface area contributed by atoms with Gasteiger partial charge in [0.2, 0.25) is 0 Å². The fourth-order valence-corrected chi connectivity index (χ4v) is 4.92. The van der Waals surface area contributed by atoms with Crippen LogP contribution < -0.4 is 5.32 Å². The molecule has 1 aliphatic heterocycles. The third-order valence-electron chi connectivity index (χ3n) is 3.67. The van der Waals surface area contributed by atoms with Crippen LogP contribution in [0.1, 0.15) is 40.5 Å². The molecule has 1 N–H and O–H groups in total. The van der Waals surface area contributed by atoms with Crippen molar-refractivity contribution in [1.82, 2.24) is 5.32 Å². The number of rotatable bonds is 6. The van der Waals surface area contributed by atoms with Gasteiger partial charge in [-0.05, 0) is 37.1 Å². The maximum absolute atomic E-state index is 11.6. The van der Waals surface area contributed by atoms with Crippen molar-refractivity contribution < 1.29 is 8.42 Å². The second-order valence-electron chi connectivity index (χ2n) is 5.85. The van der Waals surface area contributed by atoms with Crippen LogP contribution in [0.5, 0.6) is 0 Å². The first kappa shape index (κ1) is 15.0. The van der Waals surface area contributed by atoms with Gasteiger partial charge in [-0.25, -0.2) is 8.42 Å². The van der Waals surface area contributed by atoms with Crippen molar-refractivity contribution in [2.24, 2.45) is 17.8 Å².